The van der Waals surface area contributed by atoms with Gasteiger partial charge in [-0.25, -0.2) is 0 Å². The zero-order valence-corrected chi connectivity index (χ0v) is 9.86. The molecular formula is C13H18N2. The third kappa shape index (κ3) is 1.36. The van der Waals surface area contributed by atoms with Crippen LogP contribution in [-0.2, 0) is 5.54 Å². The maximum atomic E-state index is 4.55. The van der Waals surface area contributed by atoms with Gasteiger partial charge in [0.05, 0.1) is 5.54 Å². The molecule has 1 aliphatic rings. The summed E-state index contributed by atoms with van der Waals surface area (Å²) in [7, 11) is 2.06. The van der Waals surface area contributed by atoms with E-state index in [0.29, 0.717) is 5.92 Å². The average Bonchev–Trinajstić information content (AvgIpc) is 2.45. The first-order valence-corrected chi connectivity index (χ1v) is 5.41. The van der Waals surface area contributed by atoms with Crippen molar-refractivity contribution < 1.29 is 0 Å². The molecule has 0 radical (unpaired) electrons. The molecule has 0 saturated heterocycles. The Morgan fingerprint density at radius 1 is 1.27 bits per heavy atom. The zero-order valence-electron chi connectivity index (χ0n) is 9.86. The summed E-state index contributed by atoms with van der Waals surface area (Å²) in [5, 5.41) is 6.64. The molecule has 15 heavy (non-hydrogen) atoms. The lowest BCUT2D eigenvalue weighted by Crippen LogP contribution is -2.40. The standard InChI is InChI=1S/C13H18N2/c1-10-11(2)14-15(4)13(10,3)12-8-6-5-7-9-12/h5-10H,1-4H3. The van der Waals surface area contributed by atoms with Crippen molar-refractivity contribution in [3.05, 3.63) is 35.9 Å². The van der Waals surface area contributed by atoms with Crippen molar-refractivity contribution >= 4 is 5.71 Å². The van der Waals surface area contributed by atoms with Crippen molar-refractivity contribution in [1.82, 2.24) is 5.01 Å². The average molecular weight is 202 g/mol. The van der Waals surface area contributed by atoms with Crippen molar-refractivity contribution in [2.45, 2.75) is 26.3 Å². The number of nitrogens with zero attached hydrogens (tertiary/aromatic N) is 2. The molecule has 2 heteroatoms. The Balaban J connectivity index is 2.45. The highest BCUT2D eigenvalue weighted by Crippen LogP contribution is 2.40. The largest absolute Gasteiger partial charge is 0.289 e. The second-order valence-corrected chi connectivity index (χ2v) is 4.50. The molecule has 2 rings (SSSR count). The van der Waals surface area contributed by atoms with Gasteiger partial charge in [-0.05, 0) is 19.4 Å². The quantitative estimate of drug-likeness (QED) is 0.683. The van der Waals surface area contributed by atoms with E-state index in [4.69, 9.17) is 0 Å². The number of rotatable bonds is 1. The minimum atomic E-state index is 0.00530. The third-order valence-electron chi connectivity index (χ3n) is 3.81. The molecule has 1 aromatic rings. The Labute approximate surface area is 91.6 Å². The molecule has 0 aliphatic carbocycles. The zero-order chi connectivity index (χ0) is 11.1. The molecule has 0 fully saturated rings. The Kier molecular flexibility index (Phi) is 2.29. The SMILES string of the molecule is CC1=NN(C)C(C)(c2ccccc2)C1C. The predicted octanol–water partition coefficient (Wildman–Crippen LogP) is 2.86. The molecule has 0 spiro atoms. The summed E-state index contributed by atoms with van der Waals surface area (Å²) < 4.78 is 0. The summed E-state index contributed by atoms with van der Waals surface area (Å²) in [6.07, 6.45) is 0. The number of hydrogen-bond donors (Lipinski definition) is 0. The topological polar surface area (TPSA) is 15.6 Å². The maximum absolute atomic E-state index is 4.55. The van der Waals surface area contributed by atoms with Gasteiger partial charge in [-0.3, -0.25) is 5.01 Å². The summed E-state index contributed by atoms with van der Waals surface area (Å²) in [5.74, 6) is 0.463. The molecule has 0 bridgehead atoms. The second-order valence-electron chi connectivity index (χ2n) is 4.50. The number of benzene rings is 1. The van der Waals surface area contributed by atoms with Crippen LogP contribution in [0.1, 0.15) is 26.3 Å². The van der Waals surface area contributed by atoms with Crippen molar-refractivity contribution in [3.63, 3.8) is 0 Å². The molecule has 0 N–H and O–H groups in total. The molecular weight excluding hydrogens is 184 g/mol. The van der Waals surface area contributed by atoms with Gasteiger partial charge in [-0.1, -0.05) is 37.3 Å². The highest BCUT2D eigenvalue weighted by Gasteiger charge is 2.42. The van der Waals surface area contributed by atoms with Gasteiger partial charge in [0.2, 0.25) is 0 Å². The monoisotopic (exact) mass is 202 g/mol. The van der Waals surface area contributed by atoms with Crippen LogP contribution in [0.3, 0.4) is 0 Å². The lowest BCUT2D eigenvalue weighted by Gasteiger charge is -2.36. The van der Waals surface area contributed by atoms with Crippen molar-refractivity contribution in [1.29, 1.82) is 0 Å². The van der Waals surface area contributed by atoms with Gasteiger partial charge < -0.3 is 0 Å². The lowest BCUT2D eigenvalue weighted by molar-refractivity contribution is 0.138. The molecule has 2 atom stereocenters. The van der Waals surface area contributed by atoms with E-state index in [1.54, 1.807) is 0 Å². The van der Waals surface area contributed by atoms with Crippen molar-refractivity contribution in [2.24, 2.45) is 11.0 Å². The van der Waals surface area contributed by atoms with Gasteiger partial charge in [-0.2, -0.15) is 5.10 Å². The van der Waals surface area contributed by atoms with E-state index in [1.165, 1.54) is 11.3 Å². The Morgan fingerprint density at radius 3 is 2.33 bits per heavy atom. The molecule has 1 heterocycles. The summed E-state index contributed by atoms with van der Waals surface area (Å²) in [5.41, 5.74) is 2.55. The normalized spacial score (nSPS) is 30.5. The fraction of sp³-hybridized carbons (Fsp3) is 0.462. The van der Waals surface area contributed by atoms with Crippen LogP contribution in [0.5, 0.6) is 0 Å². The smallest absolute Gasteiger partial charge is 0.0874 e. The van der Waals surface area contributed by atoms with Crippen LogP contribution in [0.25, 0.3) is 0 Å². The summed E-state index contributed by atoms with van der Waals surface area (Å²) >= 11 is 0. The van der Waals surface area contributed by atoms with Gasteiger partial charge in [0.15, 0.2) is 0 Å². The second kappa shape index (κ2) is 3.37. The van der Waals surface area contributed by atoms with E-state index in [9.17, 15) is 0 Å². The first-order valence-electron chi connectivity index (χ1n) is 5.41. The molecule has 0 amide bonds. The van der Waals surface area contributed by atoms with Gasteiger partial charge in [0.1, 0.15) is 0 Å². The minimum absolute atomic E-state index is 0.00530. The van der Waals surface area contributed by atoms with Crippen LogP contribution in [0.15, 0.2) is 35.4 Å². The van der Waals surface area contributed by atoms with Crippen LogP contribution in [0.4, 0.5) is 0 Å². The molecule has 0 saturated carbocycles. The van der Waals surface area contributed by atoms with Gasteiger partial charge >= 0.3 is 0 Å². The van der Waals surface area contributed by atoms with Crippen LogP contribution in [0, 0.1) is 5.92 Å². The number of hydrogen-bond acceptors (Lipinski definition) is 2. The van der Waals surface area contributed by atoms with Gasteiger partial charge in [-0.15, -0.1) is 0 Å². The molecule has 1 aromatic carbocycles. The molecule has 2 nitrogen and oxygen atoms in total. The van der Waals surface area contributed by atoms with E-state index in [-0.39, 0.29) is 5.54 Å². The molecule has 0 aromatic heterocycles. The van der Waals surface area contributed by atoms with E-state index in [1.807, 2.05) is 0 Å². The Bertz CT molecular complexity index is 383. The van der Waals surface area contributed by atoms with E-state index >= 15 is 0 Å². The highest BCUT2D eigenvalue weighted by atomic mass is 15.5. The van der Waals surface area contributed by atoms with Crippen LogP contribution in [0.2, 0.25) is 0 Å². The first-order chi connectivity index (χ1) is 7.06. The van der Waals surface area contributed by atoms with E-state index in [0.717, 1.165) is 0 Å². The lowest BCUT2D eigenvalue weighted by atomic mass is 9.79. The first kappa shape index (κ1) is 10.2. The highest BCUT2D eigenvalue weighted by molar-refractivity contribution is 5.86. The fourth-order valence-electron chi connectivity index (χ4n) is 2.33. The van der Waals surface area contributed by atoms with Crippen LogP contribution in [-0.4, -0.2) is 17.8 Å². The van der Waals surface area contributed by atoms with Crippen molar-refractivity contribution in [2.75, 3.05) is 7.05 Å². The number of hydrazone groups is 1. The van der Waals surface area contributed by atoms with E-state index in [2.05, 4.69) is 68.3 Å². The molecule has 1 aliphatic heterocycles. The Hall–Kier alpha value is -1.31. The van der Waals surface area contributed by atoms with Crippen LogP contribution >= 0.6 is 0 Å². The van der Waals surface area contributed by atoms with Crippen molar-refractivity contribution in [3.8, 4) is 0 Å². The Morgan fingerprint density at radius 2 is 1.87 bits per heavy atom. The molecule has 80 valence electrons. The summed E-state index contributed by atoms with van der Waals surface area (Å²) in [6.45, 7) is 6.61. The third-order valence-corrected chi connectivity index (χ3v) is 3.81. The summed E-state index contributed by atoms with van der Waals surface area (Å²) in [4.78, 5) is 0. The van der Waals surface area contributed by atoms with E-state index < -0.39 is 0 Å². The minimum Gasteiger partial charge on any atom is -0.289 e. The van der Waals surface area contributed by atoms with Gasteiger partial charge in [0, 0.05) is 18.7 Å². The van der Waals surface area contributed by atoms with Gasteiger partial charge in [0.25, 0.3) is 0 Å². The summed E-state index contributed by atoms with van der Waals surface area (Å²) in [6, 6.07) is 10.6. The molecule has 2 unspecified atom stereocenters. The maximum Gasteiger partial charge on any atom is 0.0874 e. The predicted molar refractivity (Wildman–Crippen MR) is 63.8 cm³/mol. The van der Waals surface area contributed by atoms with Crippen LogP contribution < -0.4 is 0 Å². The fourth-order valence-corrected chi connectivity index (χ4v) is 2.33.